The number of halogens is 1. The van der Waals surface area contributed by atoms with Crippen LogP contribution >= 0.6 is 15.9 Å². The number of para-hydroxylation sites is 1. The van der Waals surface area contributed by atoms with Crippen LogP contribution in [-0.4, -0.2) is 23.3 Å². The fourth-order valence-corrected chi connectivity index (χ4v) is 2.62. The van der Waals surface area contributed by atoms with E-state index in [2.05, 4.69) is 26.2 Å². The van der Waals surface area contributed by atoms with Gasteiger partial charge in [-0.15, -0.1) is 0 Å². The van der Waals surface area contributed by atoms with Crippen LogP contribution in [0.4, 0.5) is 5.69 Å². The van der Waals surface area contributed by atoms with E-state index < -0.39 is 0 Å². The van der Waals surface area contributed by atoms with Crippen molar-refractivity contribution >= 4 is 33.4 Å². The average Bonchev–Trinajstić information content (AvgIpc) is 2.55. The minimum Gasteiger partial charge on any atom is -0.352 e. The maximum absolute atomic E-state index is 12.0. The first-order chi connectivity index (χ1) is 11.1. The summed E-state index contributed by atoms with van der Waals surface area (Å²) in [6.45, 7) is 2.26. The molecule has 2 amide bonds. The minimum absolute atomic E-state index is 0.100. The zero-order valence-corrected chi connectivity index (χ0v) is 14.4. The van der Waals surface area contributed by atoms with E-state index in [1.807, 2.05) is 36.4 Å². The van der Waals surface area contributed by atoms with Gasteiger partial charge >= 0.3 is 0 Å². The van der Waals surface area contributed by atoms with Gasteiger partial charge in [0.25, 0.3) is 0 Å². The maximum Gasteiger partial charge on any atom is 0.223 e. The van der Waals surface area contributed by atoms with E-state index in [0.717, 1.165) is 15.7 Å². The Morgan fingerprint density at radius 2 is 2.00 bits per heavy atom. The zero-order valence-electron chi connectivity index (χ0n) is 12.8. The number of aromatic nitrogens is 1. The third-order valence-corrected chi connectivity index (χ3v) is 3.97. The van der Waals surface area contributed by atoms with Gasteiger partial charge in [0.1, 0.15) is 0 Å². The van der Waals surface area contributed by atoms with E-state index in [0.29, 0.717) is 13.1 Å². The van der Waals surface area contributed by atoms with E-state index in [4.69, 9.17) is 0 Å². The van der Waals surface area contributed by atoms with Crippen LogP contribution in [0.2, 0.25) is 0 Å². The number of amides is 2. The first-order valence-electron chi connectivity index (χ1n) is 7.26. The summed E-state index contributed by atoms with van der Waals surface area (Å²) in [5, 5.41) is 2.83. The second-order valence-electron chi connectivity index (χ2n) is 5.01. The molecular weight excluding hydrogens is 358 g/mol. The number of hydrogen-bond acceptors (Lipinski definition) is 3. The molecule has 0 fully saturated rings. The molecule has 2 aromatic rings. The van der Waals surface area contributed by atoms with Crippen molar-refractivity contribution in [3.8, 4) is 0 Å². The molecule has 5 nitrogen and oxygen atoms in total. The first-order valence-corrected chi connectivity index (χ1v) is 8.05. The Labute approximate surface area is 143 Å². The van der Waals surface area contributed by atoms with Gasteiger partial charge in [0, 0.05) is 43.3 Å². The van der Waals surface area contributed by atoms with Crippen molar-refractivity contribution < 1.29 is 9.59 Å². The molecule has 0 aliphatic rings. The fourth-order valence-electron chi connectivity index (χ4n) is 2.12. The third-order valence-electron chi connectivity index (χ3n) is 3.30. The summed E-state index contributed by atoms with van der Waals surface area (Å²) in [5.74, 6) is -0.205. The molecule has 0 saturated carbocycles. The van der Waals surface area contributed by atoms with Crippen molar-refractivity contribution in [3.05, 3.63) is 58.8 Å². The van der Waals surface area contributed by atoms with Gasteiger partial charge in [0.15, 0.2) is 0 Å². The van der Waals surface area contributed by atoms with Crippen molar-refractivity contribution in [3.63, 3.8) is 0 Å². The highest BCUT2D eigenvalue weighted by molar-refractivity contribution is 9.10. The number of carbonyl (C=O) groups excluding carboxylic acids is 2. The molecule has 0 spiro atoms. The molecule has 0 saturated heterocycles. The highest BCUT2D eigenvalue weighted by Crippen LogP contribution is 2.25. The van der Waals surface area contributed by atoms with Crippen LogP contribution in [0.1, 0.15) is 18.9 Å². The Morgan fingerprint density at radius 3 is 2.65 bits per heavy atom. The van der Waals surface area contributed by atoms with Crippen LogP contribution in [0, 0.1) is 0 Å². The summed E-state index contributed by atoms with van der Waals surface area (Å²) in [7, 11) is 0. The smallest absolute Gasteiger partial charge is 0.223 e. The van der Waals surface area contributed by atoms with Crippen LogP contribution in [0.5, 0.6) is 0 Å². The van der Waals surface area contributed by atoms with Crippen molar-refractivity contribution in [2.24, 2.45) is 0 Å². The summed E-state index contributed by atoms with van der Waals surface area (Å²) in [6, 6.07) is 11.2. The van der Waals surface area contributed by atoms with Crippen LogP contribution in [-0.2, 0) is 16.1 Å². The average molecular weight is 376 g/mol. The van der Waals surface area contributed by atoms with Crippen molar-refractivity contribution in [1.82, 2.24) is 10.3 Å². The van der Waals surface area contributed by atoms with Crippen LogP contribution in [0.25, 0.3) is 0 Å². The lowest BCUT2D eigenvalue weighted by Gasteiger charge is -2.22. The van der Waals surface area contributed by atoms with Gasteiger partial charge in [-0.2, -0.15) is 0 Å². The third kappa shape index (κ3) is 5.17. The lowest BCUT2D eigenvalue weighted by Crippen LogP contribution is -2.34. The monoisotopic (exact) mass is 375 g/mol. The lowest BCUT2D eigenvalue weighted by molar-refractivity contribution is -0.121. The van der Waals surface area contributed by atoms with Crippen LogP contribution < -0.4 is 10.2 Å². The predicted octanol–water partition coefficient (Wildman–Crippen LogP) is 2.90. The van der Waals surface area contributed by atoms with Gasteiger partial charge in [-0.3, -0.25) is 14.6 Å². The second-order valence-corrected chi connectivity index (χ2v) is 5.86. The van der Waals surface area contributed by atoms with E-state index >= 15 is 0 Å². The largest absolute Gasteiger partial charge is 0.352 e. The molecule has 0 radical (unpaired) electrons. The van der Waals surface area contributed by atoms with Crippen molar-refractivity contribution in [1.29, 1.82) is 0 Å². The Morgan fingerprint density at radius 1 is 1.22 bits per heavy atom. The molecular formula is C17H18BrN3O2. The van der Waals surface area contributed by atoms with Crippen molar-refractivity contribution in [2.45, 2.75) is 19.9 Å². The predicted molar refractivity (Wildman–Crippen MR) is 92.9 cm³/mol. The second kappa shape index (κ2) is 8.43. The van der Waals surface area contributed by atoms with Crippen LogP contribution in [0.15, 0.2) is 53.3 Å². The summed E-state index contributed by atoms with van der Waals surface area (Å²) < 4.78 is 0.825. The van der Waals surface area contributed by atoms with E-state index in [1.54, 1.807) is 17.3 Å². The van der Waals surface area contributed by atoms with Crippen molar-refractivity contribution in [2.75, 3.05) is 11.4 Å². The minimum atomic E-state index is -0.104. The number of anilines is 1. The number of nitrogens with one attached hydrogen (secondary N) is 1. The molecule has 1 aromatic carbocycles. The molecule has 0 atom stereocenters. The number of benzene rings is 1. The highest BCUT2D eigenvalue weighted by Gasteiger charge is 2.15. The molecule has 120 valence electrons. The van der Waals surface area contributed by atoms with E-state index in [-0.39, 0.29) is 18.2 Å². The van der Waals surface area contributed by atoms with Gasteiger partial charge in [0.2, 0.25) is 11.8 Å². The van der Waals surface area contributed by atoms with Crippen LogP contribution in [0.3, 0.4) is 0 Å². The molecule has 0 bridgehead atoms. The van der Waals surface area contributed by atoms with E-state index in [1.165, 1.54) is 6.92 Å². The van der Waals surface area contributed by atoms with Gasteiger partial charge in [-0.1, -0.05) is 18.2 Å². The maximum atomic E-state index is 12.0. The van der Waals surface area contributed by atoms with Gasteiger partial charge < -0.3 is 10.2 Å². The fraction of sp³-hybridized carbons (Fsp3) is 0.235. The molecule has 0 aliphatic carbocycles. The van der Waals surface area contributed by atoms with Gasteiger partial charge in [-0.25, -0.2) is 0 Å². The zero-order chi connectivity index (χ0) is 16.7. The summed E-state index contributed by atoms with van der Waals surface area (Å²) in [6.07, 6.45) is 3.64. The molecule has 23 heavy (non-hydrogen) atoms. The SMILES string of the molecule is CC(=O)N(CCC(=O)NCc1cccnc1)c1ccccc1Br. The lowest BCUT2D eigenvalue weighted by atomic mass is 10.2. The molecule has 1 N–H and O–H groups in total. The Hall–Kier alpha value is -2.21. The molecule has 1 heterocycles. The Kier molecular flexibility index (Phi) is 6.29. The van der Waals surface area contributed by atoms with Gasteiger partial charge in [-0.05, 0) is 39.7 Å². The molecule has 1 aromatic heterocycles. The topological polar surface area (TPSA) is 62.3 Å². The van der Waals surface area contributed by atoms with Gasteiger partial charge in [0.05, 0.1) is 5.69 Å². The molecule has 0 unspecified atom stereocenters. The number of pyridine rings is 1. The normalized spacial score (nSPS) is 10.2. The molecule has 6 heteroatoms. The molecule has 2 rings (SSSR count). The number of nitrogens with zero attached hydrogens (tertiary/aromatic N) is 2. The summed E-state index contributed by atoms with van der Waals surface area (Å²) >= 11 is 3.43. The Bertz CT molecular complexity index is 677. The highest BCUT2D eigenvalue weighted by atomic mass is 79.9. The number of hydrogen-bond donors (Lipinski definition) is 1. The number of rotatable bonds is 6. The summed E-state index contributed by atoms with van der Waals surface area (Å²) in [4.78, 5) is 29.4. The summed E-state index contributed by atoms with van der Waals surface area (Å²) in [5.41, 5.74) is 1.70. The Balaban J connectivity index is 1.90. The quantitative estimate of drug-likeness (QED) is 0.843. The van der Waals surface area contributed by atoms with E-state index in [9.17, 15) is 9.59 Å². The first kappa shape index (κ1) is 17.1. The standard InChI is InChI=1S/C17H18BrN3O2/c1-13(22)21(16-7-3-2-6-15(16)18)10-8-17(23)20-12-14-5-4-9-19-11-14/h2-7,9,11H,8,10,12H2,1H3,(H,20,23). The number of carbonyl (C=O) groups is 2. The molecule has 0 aliphatic heterocycles.